The molecule has 3 aromatic carbocycles. The molecule has 0 amide bonds. The van der Waals surface area contributed by atoms with Crippen molar-refractivity contribution >= 4 is 23.2 Å². The van der Waals surface area contributed by atoms with Gasteiger partial charge in [-0.25, -0.2) is 0 Å². The van der Waals surface area contributed by atoms with E-state index in [4.69, 9.17) is 17.0 Å². The van der Waals surface area contributed by atoms with Gasteiger partial charge in [-0.05, 0) is 43.5 Å². The first-order chi connectivity index (χ1) is 15.2. The van der Waals surface area contributed by atoms with Gasteiger partial charge in [-0.2, -0.15) is 0 Å². The highest BCUT2D eigenvalue weighted by molar-refractivity contribution is 7.80. The lowest BCUT2D eigenvalue weighted by Crippen LogP contribution is -2.30. The van der Waals surface area contributed by atoms with Crippen molar-refractivity contribution in [3.8, 4) is 0 Å². The lowest BCUT2D eigenvalue weighted by Gasteiger charge is -2.26. The molecule has 3 aromatic rings. The predicted octanol–water partition coefficient (Wildman–Crippen LogP) is 5.99. The van der Waals surface area contributed by atoms with Crippen LogP contribution in [0.1, 0.15) is 52.4 Å². The van der Waals surface area contributed by atoms with Gasteiger partial charge in [-0.15, -0.1) is 0 Å². The summed E-state index contributed by atoms with van der Waals surface area (Å²) in [5.74, 6) is 0.0107. The second-order valence-electron chi connectivity index (χ2n) is 7.87. The van der Waals surface area contributed by atoms with Gasteiger partial charge in [0.2, 0.25) is 0 Å². The van der Waals surface area contributed by atoms with E-state index in [2.05, 4.69) is 17.0 Å². The Hall–Kier alpha value is -2.98. The van der Waals surface area contributed by atoms with Gasteiger partial charge in [-0.1, -0.05) is 84.9 Å². The van der Waals surface area contributed by atoms with Crippen molar-refractivity contribution < 1.29 is 9.53 Å². The monoisotopic (exact) mass is 429 g/mol. The zero-order chi connectivity index (χ0) is 21.5. The normalized spacial score (nSPS) is 14.3. The number of hydrogen-bond donors (Lipinski definition) is 0. The Morgan fingerprint density at radius 2 is 1.48 bits per heavy atom. The van der Waals surface area contributed by atoms with Crippen LogP contribution in [0.2, 0.25) is 0 Å². The quantitative estimate of drug-likeness (QED) is 0.341. The van der Waals surface area contributed by atoms with E-state index >= 15 is 0 Å². The first kappa shape index (κ1) is 21.3. The van der Waals surface area contributed by atoms with Gasteiger partial charge in [0.25, 0.3) is 5.17 Å². The number of thiocarbonyl (C=S) groups is 1. The van der Waals surface area contributed by atoms with Crippen molar-refractivity contribution in [3.63, 3.8) is 0 Å². The van der Waals surface area contributed by atoms with E-state index in [1.165, 1.54) is 5.56 Å². The van der Waals surface area contributed by atoms with Crippen molar-refractivity contribution in [3.05, 3.63) is 107 Å². The molecule has 1 fully saturated rings. The standard InChI is InChI=1S/C27H27NO2S/c29-26(22-13-5-2-6-14-22)24-16-8-7-15-23(24)25(18-17-21-11-3-1-4-12-21)30-27(31)28-19-9-10-20-28/h1-8,11-16,25H,9-10,17-20H2. The molecular formula is C27H27NO2S. The van der Waals surface area contributed by atoms with Gasteiger partial charge >= 0.3 is 0 Å². The molecule has 158 valence electrons. The Labute approximate surface area is 189 Å². The highest BCUT2D eigenvalue weighted by Crippen LogP contribution is 2.29. The minimum atomic E-state index is -0.280. The number of ketones is 1. The molecule has 1 aliphatic heterocycles. The van der Waals surface area contributed by atoms with E-state index in [-0.39, 0.29) is 11.9 Å². The third-order valence-electron chi connectivity index (χ3n) is 5.73. The summed E-state index contributed by atoms with van der Waals surface area (Å²) >= 11 is 5.64. The van der Waals surface area contributed by atoms with Gasteiger partial charge in [0.15, 0.2) is 5.78 Å². The number of hydrogen-bond acceptors (Lipinski definition) is 3. The number of ether oxygens (including phenoxy) is 1. The van der Waals surface area contributed by atoms with Crippen LogP contribution in [0.4, 0.5) is 0 Å². The van der Waals surface area contributed by atoms with Gasteiger partial charge in [0.1, 0.15) is 6.10 Å². The molecule has 0 aromatic heterocycles. The molecule has 0 aliphatic carbocycles. The van der Waals surface area contributed by atoms with Gasteiger partial charge in [0, 0.05) is 29.8 Å². The largest absolute Gasteiger partial charge is 0.463 e. The first-order valence-corrected chi connectivity index (χ1v) is 11.3. The number of nitrogens with zero attached hydrogens (tertiary/aromatic N) is 1. The van der Waals surface area contributed by atoms with Gasteiger partial charge in [0.05, 0.1) is 0 Å². The molecule has 1 aliphatic rings. The summed E-state index contributed by atoms with van der Waals surface area (Å²) in [5, 5.41) is 0.539. The van der Waals surface area contributed by atoms with Crippen LogP contribution < -0.4 is 0 Å². The maximum atomic E-state index is 13.3. The molecular weight excluding hydrogens is 402 g/mol. The molecule has 0 saturated carbocycles. The molecule has 0 bridgehead atoms. The third kappa shape index (κ3) is 5.39. The number of carbonyl (C=O) groups is 1. The number of likely N-dealkylation sites (tertiary alicyclic amines) is 1. The maximum Gasteiger partial charge on any atom is 0.259 e. The van der Waals surface area contributed by atoms with Crippen LogP contribution in [0.15, 0.2) is 84.9 Å². The maximum absolute atomic E-state index is 13.3. The van der Waals surface area contributed by atoms with E-state index in [9.17, 15) is 4.79 Å². The predicted molar refractivity (Wildman–Crippen MR) is 128 cm³/mol. The van der Waals surface area contributed by atoms with Gasteiger partial charge in [-0.3, -0.25) is 4.79 Å². The van der Waals surface area contributed by atoms with Crippen LogP contribution in [0.25, 0.3) is 0 Å². The van der Waals surface area contributed by atoms with Crippen LogP contribution in [0, 0.1) is 0 Å². The van der Waals surface area contributed by atoms with E-state index in [1.54, 1.807) is 0 Å². The van der Waals surface area contributed by atoms with Crippen molar-refractivity contribution in [2.24, 2.45) is 0 Å². The minimum Gasteiger partial charge on any atom is -0.463 e. The fraction of sp³-hybridized carbons (Fsp3) is 0.259. The van der Waals surface area contributed by atoms with Crippen molar-refractivity contribution in [2.75, 3.05) is 13.1 Å². The summed E-state index contributed by atoms with van der Waals surface area (Å²) in [6, 6.07) is 27.5. The molecule has 4 heteroatoms. The smallest absolute Gasteiger partial charge is 0.259 e. The van der Waals surface area contributed by atoms with Crippen LogP contribution in [0.3, 0.4) is 0 Å². The first-order valence-electron chi connectivity index (χ1n) is 10.9. The Kier molecular flexibility index (Phi) is 7.11. The Balaban J connectivity index is 1.62. The molecule has 3 nitrogen and oxygen atoms in total. The highest BCUT2D eigenvalue weighted by atomic mass is 32.1. The molecule has 0 radical (unpaired) electrons. The Bertz CT molecular complexity index is 1010. The summed E-state index contributed by atoms with van der Waals surface area (Å²) in [6.45, 7) is 1.88. The van der Waals surface area contributed by atoms with Crippen LogP contribution >= 0.6 is 12.2 Å². The van der Waals surface area contributed by atoms with E-state index in [0.29, 0.717) is 16.3 Å². The number of carbonyl (C=O) groups excluding carboxylic acids is 1. The Morgan fingerprint density at radius 3 is 2.19 bits per heavy atom. The molecule has 31 heavy (non-hydrogen) atoms. The Morgan fingerprint density at radius 1 is 0.871 bits per heavy atom. The highest BCUT2D eigenvalue weighted by Gasteiger charge is 2.25. The summed E-state index contributed by atoms with van der Waals surface area (Å²) in [4.78, 5) is 15.4. The molecule has 4 rings (SSSR count). The second kappa shape index (κ2) is 10.4. The lowest BCUT2D eigenvalue weighted by molar-refractivity contribution is 0.102. The molecule has 0 spiro atoms. The zero-order valence-electron chi connectivity index (χ0n) is 17.6. The molecule has 1 atom stereocenters. The zero-order valence-corrected chi connectivity index (χ0v) is 18.4. The van der Waals surface area contributed by atoms with Crippen molar-refractivity contribution in [1.29, 1.82) is 0 Å². The van der Waals surface area contributed by atoms with E-state index in [0.717, 1.165) is 44.3 Å². The minimum absolute atomic E-state index is 0.0107. The summed E-state index contributed by atoms with van der Waals surface area (Å²) in [5.41, 5.74) is 3.50. The van der Waals surface area contributed by atoms with Crippen LogP contribution in [-0.4, -0.2) is 28.9 Å². The second-order valence-corrected chi connectivity index (χ2v) is 8.22. The topological polar surface area (TPSA) is 29.5 Å². The van der Waals surface area contributed by atoms with Crippen LogP contribution in [-0.2, 0) is 11.2 Å². The number of rotatable bonds is 7. The van der Waals surface area contributed by atoms with Crippen molar-refractivity contribution in [1.82, 2.24) is 4.90 Å². The third-order valence-corrected chi connectivity index (χ3v) is 6.09. The fourth-order valence-electron chi connectivity index (χ4n) is 4.05. The summed E-state index contributed by atoms with van der Waals surface area (Å²) < 4.78 is 6.37. The van der Waals surface area contributed by atoms with E-state index in [1.807, 2.05) is 72.8 Å². The summed E-state index contributed by atoms with van der Waals surface area (Å²) in [7, 11) is 0. The average molecular weight is 430 g/mol. The fourth-order valence-corrected chi connectivity index (χ4v) is 4.34. The van der Waals surface area contributed by atoms with Gasteiger partial charge < -0.3 is 9.64 Å². The number of aryl methyl sites for hydroxylation is 1. The average Bonchev–Trinajstić information content (AvgIpc) is 3.38. The molecule has 1 heterocycles. The molecule has 0 N–H and O–H groups in total. The molecule has 1 saturated heterocycles. The lowest BCUT2D eigenvalue weighted by atomic mass is 9.92. The summed E-state index contributed by atoms with van der Waals surface area (Å²) in [6.07, 6.45) is 3.60. The van der Waals surface area contributed by atoms with Crippen molar-refractivity contribution in [2.45, 2.75) is 31.8 Å². The molecule has 1 unspecified atom stereocenters. The number of benzene rings is 3. The van der Waals surface area contributed by atoms with E-state index < -0.39 is 0 Å². The SMILES string of the molecule is O=C(c1ccccc1)c1ccccc1C(CCc1ccccc1)OC(=S)N1CCCC1. The van der Waals surface area contributed by atoms with Crippen LogP contribution in [0.5, 0.6) is 0 Å².